The third kappa shape index (κ3) is 4.22. The normalized spacial score (nSPS) is 15.7. The van der Waals surface area contributed by atoms with Gasteiger partial charge in [0.15, 0.2) is 16.6 Å². The maximum atomic E-state index is 12.7. The Balaban J connectivity index is 1.49. The SMILES string of the molecule is COc1cc2nc(NC(=O)c3cccc(NC(=O)[C@@H]4CCCO4)c3)sc2cc1OC. The molecule has 1 aliphatic rings. The Bertz CT molecular complexity index is 1050. The first-order valence-corrected chi connectivity index (χ1v) is 10.3. The first kappa shape index (κ1) is 20.1. The molecular weight excluding hydrogens is 406 g/mol. The first-order valence-electron chi connectivity index (χ1n) is 9.44. The fourth-order valence-electron chi connectivity index (χ4n) is 3.22. The predicted octanol–water partition coefficient (Wildman–Crippen LogP) is 3.68. The number of methoxy groups -OCH3 is 2. The summed E-state index contributed by atoms with van der Waals surface area (Å²) in [5.74, 6) is 0.657. The zero-order valence-corrected chi connectivity index (χ0v) is 17.4. The second-order valence-electron chi connectivity index (χ2n) is 6.72. The topological polar surface area (TPSA) is 98.8 Å². The van der Waals surface area contributed by atoms with Crippen molar-refractivity contribution in [1.82, 2.24) is 4.98 Å². The Labute approximate surface area is 177 Å². The molecule has 0 radical (unpaired) electrons. The van der Waals surface area contributed by atoms with E-state index in [0.717, 1.165) is 11.1 Å². The quantitative estimate of drug-likeness (QED) is 0.623. The number of thiazole rings is 1. The third-order valence-corrected chi connectivity index (χ3v) is 5.66. The molecule has 2 N–H and O–H groups in total. The molecular formula is C21H21N3O5S. The van der Waals surface area contributed by atoms with Gasteiger partial charge in [-0.2, -0.15) is 0 Å². The van der Waals surface area contributed by atoms with Gasteiger partial charge in [0.1, 0.15) is 6.10 Å². The van der Waals surface area contributed by atoms with Crippen molar-refractivity contribution >= 4 is 44.2 Å². The number of nitrogens with one attached hydrogen (secondary N) is 2. The van der Waals surface area contributed by atoms with Gasteiger partial charge in [0.25, 0.3) is 11.8 Å². The van der Waals surface area contributed by atoms with Crippen molar-refractivity contribution in [1.29, 1.82) is 0 Å². The van der Waals surface area contributed by atoms with Crippen LogP contribution < -0.4 is 20.1 Å². The molecule has 9 heteroatoms. The molecule has 1 fully saturated rings. The molecule has 3 aromatic rings. The van der Waals surface area contributed by atoms with Crippen molar-refractivity contribution in [3.05, 3.63) is 42.0 Å². The molecule has 30 heavy (non-hydrogen) atoms. The molecule has 0 spiro atoms. The van der Waals surface area contributed by atoms with Gasteiger partial charge in [0.2, 0.25) is 0 Å². The van der Waals surface area contributed by atoms with Gasteiger partial charge >= 0.3 is 0 Å². The van der Waals surface area contributed by atoms with Crippen LogP contribution in [0.4, 0.5) is 10.8 Å². The summed E-state index contributed by atoms with van der Waals surface area (Å²) in [4.78, 5) is 29.4. The van der Waals surface area contributed by atoms with Crippen LogP contribution >= 0.6 is 11.3 Å². The second-order valence-corrected chi connectivity index (χ2v) is 7.75. The molecule has 1 saturated heterocycles. The van der Waals surface area contributed by atoms with Crippen molar-refractivity contribution < 1.29 is 23.8 Å². The molecule has 1 aromatic heterocycles. The molecule has 2 heterocycles. The second kappa shape index (κ2) is 8.68. The number of hydrogen-bond donors (Lipinski definition) is 2. The molecule has 2 amide bonds. The predicted molar refractivity (Wildman–Crippen MR) is 115 cm³/mol. The number of ether oxygens (including phenoxy) is 3. The van der Waals surface area contributed by atoms with Gasteiger partial charge in [0.05, 0.1) is 24.4 Å². The van der Waals surface area contributed by atoms with Crippen LogP contribution in [0.3, 0.4) is 0 Å². The highest BCUT2D eigenvalue weighted by atomic mass is 32.1. The maximum Gasteiger partial charge on any atom is 0.257 e. The summed E-state index contributed by atoms with van der Waals surface area (Å²) in [6, 6.07) is 10.3. The van der Waals surface area contributed by atoms with Crippen LogP contribution in [0.2, 0.25) is 0 Å². The number of amides is 2. The lowest BCUT2D eigenvalue weighted by atomic mass is 10.1. The Morgan fingerprint density at radius 2 is 1.93 bits per heavy atom. The minimum Gasteiger partial charge on any atom is -0.493 e. The van der Waals surface area contributed by atoms with Crippen LogP contribution in [0.5, 0.6) is 11.5 Å². The summed E-state index contributed by atoms with van der Waals surface area (Å²) in [5.41, 5.74) is 1.65. The smallest absolute Gasteiger partial charge is 0.257 e. The largest absolute Gasteiger partial charge is 0.493 e. The minimum absolute atomic E-state index is 0.195. The van der Waals surface area contributed by atoms with Crippen LogP contribution in [0.25, 0.3) is 10.2 Å². The minimum atomic E-state index is -0.431. The highest BCUT2D eigenvalue weighted by molar-refractivity contribution is 7.22. The number of rotatable bonds is 6. The standard InChI is InChI=1S/C21H21N3O5S/c1-27-16-10-14-18(11-17(16)28-2)30-21(23-14)24-19(25)12-5-3-6-13(9-12)22-20(26)15-7-4-8-29-15/h3,5-6,9-11,15H,4,7-8H2,1-2H3,(H,22,26)(H,23,24,25)/t15-/m0/s1. The van der Waals surface area contributed by atoms with Gasteiger partial charge in [-0.25, -0.2) is 4.98 Å². The average molecular weight is 427 g/mol. The number of anilines is 2. The van der Waals surface area contributed by atoms with Crippen molar-refractivity contribution in [2.75, 3.05) is 31.5 Å². The Morgan fingerprint density at radius 3 is 2.67 bits per heavy atom. The zero-order valence-electron chi connectivity index (χ0n) is 16.6. The number of carbonyl (C=O) groups is 2. The summed E-state index contributed by atoms with van der Waals surface area (Å²) in [7, 11) is 3.13. The molecule has 0 bridgehead atoms. The molecule has 1 atom stereocenters. The molecule has 0 saturated carbocycles. The van der Waals surface area contributed by atoms with E-state index in [4.69, 9.17) is 14.2 Å². The van der Waals surface area contributed by atoms with E-state index < -0.39 is 6.10 Å². The van der Waals surface area contributed by atoms with Crippen molar-refractivity contribution in [2.45, 2.75) is 18.9 Å². The van der Waals surface area contributed by atoms with Crippen LogP contribution in [0.15, 0.2) is 36.4 Å². The van der Waals surface area contributed by atoms with Crippen LogP contribution in [-0.2, 0) is 9.53 Å². The Kier molecular flexibility index (Phi) is 5.82. The van der Waals surface area contributed by atoms with Gasteiger partial charge in [-0.15, -0.1) is 0 Å². The van der Waals surface area contributed by atoms with E-state index >= 15 is 0 Å². The Morgan fingerprint density at radius 1 is 1.13 bits per heavy atom. The average Bonchev–Trinajstić information content (AvgIpc) is 3.42. The van der Waals surface area contributed by atoms with E-state index in [0.29, 0.717) is 46.4 Å². The van der Waals surface area contributed by atoms with E-state index in [1.807, 2.05) is 6.07 Å². The maximum absolute atomic E-state index is 12.7. The monoisotopic (exact) mass is 427 g/mol. The van der Waals surface area contributed by atoms with Crippen LogP contribution in [0, 0.1) is 0 Å². The first-order chi connectivity index (χ1) is 14.6. The molecule has 156 valence electrons. The highest BCUT2D eigenvalue weighted by Crippen LogP contribution is 2.36. The summed E-state index contributed by atoms with van der Waals surface area (Å²) in [5, 5.41) is 6.07. The van der Waals surface area contributed by atoms with Crippen molar-refractivity contribution in [3.8, 4) is 11.5 Å². The van der Waals surface area contributed by atoms with E-state index in [2.05, 4.69) is 15.6 Å². The van der Waals surface area contributed by atoms with E-state index in [9.17, 15) is 9.59 Å². The number of hydrogen-bond acceptors (Lipinski definition) is 7. The van der Waals surface area contributed by atoms with Gasteiger partial charge in [0, 0.05) is 30.0 Å². The molecule has 1 aliphatic heterocycles. The zero-order chi connectivity index (χ0) is 21.1. The number of nitrogens with zero attached hydrogens (tertiary/aromatic N) is 1. The Hall–Kier alpha value is -3.17. The molecule has 0 aliphatic carbocycles. The molecule has 4 rings (SSSR count). The summed E-state index contributed by atoms with van der Waals surface area (Å²) < 4.78 is 16.9. The van der Waals surface area contributed by atoms with Crippen molar-refractivity contribution in [3.63, 3.8) is 0 Å². The molecule has 2 aromatic carbocycles. The van der Waals surface area contributed by atoms with Crippen LogP contribution in [-0.4, -0.2) is 43.7 Å². The van der Waals surface area contributed by atoms with E-state index in [-0.39, 0.29) is 11.8 Å². The third-order valence-electron chi connectivity index (χ3n) is 4.73. The summed E-state index contributed by atoms with van der Waals surface area (Å²) in [6.07, 6.45) is 1.15. The lowest BCUT2D eigenvalue weighted by Gasteiger charge is -2.11. The summed E-state index contributed by atoms with van der Waals surface area (Å²) >= 11 is 1.34. The van der Waals surface area contributed by atoms with Crippen molar-refractivity contribution in [2.24, 2.45) is 0 Å². The number of fused-ring (bicyclic) bond motifs is 1. The molecule has 8 nitrogen and oxygen atoms in total. The van der Waals surface area contributed by atoms with Gasteiger partial charge in [-0.3, -0.25) is 14.9 Å². The van der Waals surface area contributed by atoms with E-state index in [1.165, 1.54) is 11.3 Å². The lowest BCUT2D eigenvalue weighted by Crippen LogP contribution is -2.27. The molecule has 0 unspecified atom stereocenters. The summed E-state index contributed by atoms with van der Waals surface area (Å²) in [6.45, 7) is 0.598. The van der Waals surface area contributed by atoms with E-state index in [1.54, 1.807) is 44.6 Å². The number of carbonyl (C=O) groups excluding carboxylic acids is 2. The van der Waals surface area contributed by atoms with Gasteiger partial charge in [-0.1, -0.05) is 17.4 Å². The van der Waals surface area contributed by atoms with Crippen LogP contribution in [0.1, 0.15) is 23.2 Å². The number of benzene rings is 2. The van der Waals surface area contributed by atoms with Gasteiger partial charge < -0.3 is 19.5 Å². The fourth-order valence-corrected chi connectivity index (χ4v) is 4.09. The highest BCUT2D eigenvalue weighted by Gasteiger charge is 2.23. The van der Waals surface area contributed by atoms with Gasteiger partial charge in [-0.05, 0) is 31.0 Å². The lowest BCUT2D eigenvalue weighted by molar-refractivity contribution is -0.124. The fraction of sp³-hybridized carbons (Fsp3) is 0.286. The number of aromatic nitrogens is 1.